The third-order valence-corrected chi connectivity index (χ3v) is 10.3. The average Bonchev–Trinajstić information content (AvgIpc) is 3.76. The largest absolute Gasteiger partial charge is 0.481 e. The molecule has 262 valence electrons. The summed E-state index contributed by atoms with van der Waals surface area (Å²) in [6, 6.07) is 23.3. The number of halogens is 2. The highest BCUT2D eigenvalue weighted by Crippen LogP contribution is 2.42. The number of nitrogens with zero attached hydrogens (tertiary/aromatic N) is 2. The molecule has 2 unspecified atom stereocenters. The number of methoxy groups -OCH3 is 1. The third kappa shape index (κ3) is 7.50. The molecule has 12 heteroatoms. The van der Waals surface area contributed by atoms with Gasteiger partial charge in [-0.3, -0.25) is 18.8 Å². The third-order valence-electron chi connectivity index (χ3n) is 9.52. The summed E-state index contributed by atoms with van der Waals surface area (Å²) in [5.41, 5.74) is 6.80. The zero-order valence-electron chi connectivity index (χ0n) is 28.1. The normalized spacial score (nSPS) is 17.2. The van der Waals surface area contributed by atoms with Gasteiger partial charge in [-0.05, 0) is 42.7 Å². The van der Waals surface area contributed by atoms with Crippen molar-refractivity contribution in [1.82, 2.24) is 30.7 Å². The van der Waals surface area contributed by atoms with E-state index in [0.717, 1.165) is 51.7 Å². The highest BCUT2D eigenvalue weighted by Gasteiger charge is 2.22. The van der Waals surface area contributed by atoms with Gasteiger partial charge in [0, 0.05) is 96.2 Å². The number of aromatic nitrogens is 2. The Kier molecular flexibility index (Phi) is 10.4. The predicted octanol–water partition coefficient (Wildman–Crippen LogP) is 5.75. The number of hydrogen-bond donors (Lipinski definition) is 4. The van der Waals surface area contributed by atoms with Gasteiger partial charge < -0.3 is 26.0 Å². The monoisotopic (exact) mass is 724 g/mol. The van der Waals surface area contributed by atoms with Crippen molar-refractivity contribution in [2.45, 2.75) is 50.9 Å². The van der Waals surface area contributed by atoms with E-state index in [1.165, 1.54) is 0 Å². The van der Waals surface area contributed by atoms with Crippen LogP contribution in [0.1, 0.15) is 36.8 Å². The van der Waals surface area contributed by atoms with Crippen LogP contribution in [0.2, 0.25) is 10.0 Å². The van der Waals surface area contributed by atoms with Crippen molar-refractivity contribution < 1.29 is 14.3 Å². The van der Waals surface area contributed by atoms with Crippen molar-refractivity contribution in [2.75, 3.05) is 20.2 Å². The van der Waals surface area contributed by atoms with Crippen LogP contribution in [0.4, 0.5) is 0 Å². The van der Waals surface area contributed by atoms with E-state index in [0.29, 0.717) is 66.2 Å². The number of carbonyl (C=O) groups excluding carboxylic acids is 2. The summed E-state index contributed by atoms with van der Waals surface area (Å²) in [6.07, 6.45) is 4.52. The standard InChI is InChI=1S/C39H38Cl2N6O4/c1-51-38-24(19-42-21-26-10-14-34(48)44-26)9-13-33(46-38)32-7-3-6-31(37(32)41)30-5-2-4-29(36(30)40)23-16-17-47-28(18-23)12-8-25(39(47)50)20-43-22-27-11-15-35(49)45-27/h2-9,12-13,16-18,26-27,42-43H,10-11,14-15,19-22H2,1H3,(H,44,48)(H,45,49). The van der Waals surface area contributed by atoms with Gasteiger partial charge in [0.25, 0.3) is 5.56 Å². The molecular weight excluding hydrogens is 687 g/mol. The number of rotatable bonds is 12. The Bertz CT molecular complexity index is 2190. The molecule has 2 atom stereocenters. The molecular formula is C39H38Cl2N6O4. The van der Waals surface area contributed by atoms with Gasteiger partial charge >= 0.3 is 0 Å². The number of carbonyl (C=O) groups is 2. The summed E-state index contributed by atoms with van der Waals surface area (Å²) in [6.45, 7) is 2.25. The van der Waals surface area contributed by atoms with Crippen LogP contribution in [-0.4, -0.2) is 53.5 Å². The number of nitrogens with one attached hydrogen (secondary N) is 4. The van der Waals surface area contributed by atoms with Crippen LogP contribution >= 0.6 is 23.2 Å². The molecule has 5 heterocycles. The van der Waals surface area contributed by atoms with Crippen molar-refractivity contribution >= 4 is 40.5 Å². The van der Waals surface area contributed by atoms with Gasteiger partial charge in [0.2, 0.25) is 17.7 Å². The Morgan fingerprint density at radius 3 is 1.98 bits per heavy atom. The molecule has 3 aromatic heterocycles. The Labute approximate surface area is 305 Å². The molecule has 2 aliphatic heterocycles. The van der Waals surface area contributed by atoms with Gasteiger partial charge in [0.15, 0.2) is 0 Å². The molecule has 2 amide bonds. The minimum absolute atomic E-state index is 0.0731. The second-order valence-electron chi connectivity index (χ2n) is 12.9. The second kappa shape index (κ2) is 15.2. The molecule has 0 bridgehead atoms. The Morgan fingerprint density at radius 1 is 0.765 bits per heavy atom. The molecule has 7 rings (SSSR count). The smallest absolute Gasteiger partial charge is 0.259 e. The average molecular weight is 726 g/mol. The lowest BCUT2D eigenvalue weighted by molar-refractivity contribution is -0.120. The SMILES string of the molecule is COc1nc(-c2cccc(-c3cccc(-c4ccn5c(=O)c(CNCC6CCC(=O)N6)ccc5c4)c3Cl)c2Cl)ccc1CNCC1CCC(=O)N1. The molecule has 0 aliphatic carbocycles. The number of fused-ring (bicyclic) bond motifs is 1. The fraction of sp³-hybridized carbons (Fsp3) is 0.282. The lowest BCUT2D eigenvalue weighted by Gasteiger charge is -2.16. The Morgan fingerprint density at radius 2 is 1.35 bits per heavy atom. The molecule has 51 heavy (non-hydrogen) atoms. The molecule has 10 nitrogen and oxygen atoms in total. The van der Waals surface area contributed by atoms with Gasteiger partial charge in [-0.15, -0.1) is 0 Å². The van der Waals surface area contributed by atoms with E-state index in [2.05, 4.69) is 21.3 Å². The van der Waals surface area contributed by atoms with Crippen molar-refractivity contribution in [1.29, 1.82) is 0 Å². The molecule has 5 aromatic rings. The first-order valence-corrected chi connectivity index (χ1v) is 17.8. The fourth-order valence-corrected chi connectivity index (χ4v) is 7.46. The van der Waals surface area contributed by atoms with Crippen molar-refractivity contribution in [2.24, 2.45) is 0 Å². The van der Waals surface area contributed by atoms with Crippen LogP contribution in [0.3, 0.4) is 0 Å². The summed E-state index contributed by atoms with van der Waals surface area (Å²) in [5.74, 6) is 0.663. The summed E-state index contributed by atoms with van der Waals surface area (Å²) in [5, 5.41) is 13.6. The number of benzene rings is 2. The van der Waals surface area contributed by atoms with E-state index in [9.17, 15) is 14.4 Å². The van der Waals surface area contributed by atoms with Gasteiger partial charge in [-0.25, -0.2) is 4.98 Å². The lowest BCUT2D eigenvalue weighted by atomic mass is 9.97. The molecule has 0 spiro atoms. The zero-order chi connectivity index (χ0) is 35.5. The maximum atomic E-state index is 13.3. The van der Waals surface area contributed by atoms with Crippen LogP contribution < -0.4 is 31.6 Å². The van der Waals surface area contributed by atoms with Gasteiger partial charge in [-0.1, -0.05) is 71.7 Å². The number of pyridine rings is 3. The summed E-state index contributed by atoms with van der Waals surface area (Å²) in [4.78, 5) is 41.1. The first-order valence-electron chi connectivity index (χ1n) is 17.1. The fourth-order valence-electron chi connectivity index (χ4n) is 6.80. The molecule has 0 radical (unpaired) electrons. The van der Waals surface area contributed by atoms with Crippen molar-refractivity contribution in [3.63, 3.8) is 0 Å². The number of hydrogen-bond acceptors (Lipinski definition) is 7. The zero-order valence-corrected chi connectivity index (χ0v) is 29.6. The van der Waals surface area contributed by atoms with Gasteiger partial charge in [-0.2, -0.15) is 0 Å². The second-order valence-corrected chi connectivity index (χ2v) is 13.7. The minimum atomic E-state index is -0.0981. The van der Waals surface area contributed by atoms with E-state index in [4.69, 9.17) is 32.9 Å². The molecule has 4 N–H and O–H groups in total. The van der Waals surface area contributed by atoms with Crippen LogP contribution in [0.5, 0.6) is 5.88 Å². The molecule has 2 aromatic carbocycles. The van der Waals surface area contributed by atoms with Crippen LogP contribution in [0, 0.1) is 0 Å². The van der Waals surface area contributed by atoms with Crippen molar-refractivity contribution in [3.05, 3.63) is 111 Å². The summed E-state index contributed by atoms with van der Waals surface area (Å²) in [7, 11) is 1.59. The minimum Gasteiger partial charge on any atom is -0.481 e. The van der Waals surface area contributed by atoms with E-state index in [1.54, 1.807) is 17.7 Å². The van der Waals surface area contributed by atoms with Crippen molar-refractivity contribution in [3.8, 4) is 39.4 Å². The Hall–Kier alpha value is -4.74. The summed E-state index contributed by atoms with van der Waals surface area (Å²) >= 11 is 14.2. The van der Waals surface area contributed by atoms with Gasteiger partial charge in [0.05, 0.1) is 22.8 Å². The number of ether oxygens (including phenoxy) is 1. The lowest BCUT2D eigenvalue weighted by Crippen LogP contribution is -2.36. The topological polar surface area (TPSA) is 126 Å². The van der Waals surface area contributed by atoms with Crippen LogP contribution in [0.25, 0.3) is 39.0 Å². The highest BCUT2D eigenvalue weighted by molar-refractivity contribution is 6.39. The van der Waals surface area contributed by atoms with E-state index < -0.39 is 0 Å². The Balaban J connectivity index is 1.10. The summed E-state index contributed by atoms with van der Waals surface area (Å²) < 4.78 is 7.28. The first kappa shape index (κ1) is 34.7. The highest BCUT2D eigenvalue weighted by atomic mass is 35.5. The van der Waals surface area contributed by atoms with E-state index in [1.807, 2.05) is 72.8 Å². The molecule has 2 saturated heterocycles. The van der Waals surface area contributed by atoms with Crippen LogP contribution in [0.15, 0.2) is 83.8 Å². The van der Waals surface area contributed by atoms with E-state index in [-0.39, 0.29) is 29.5 Å². The quantitative estimate of drug-likeness (QED) is 0.129. The maximum absolute atomic E-state index is 13.3. The molecule has 2 aliphatic rings. The van der Waals surface area contributed by atoms with Gasteiger partial charge in [0.1, 0.15) is 0 Å². The number of amides is 2. The first-order chi connectivity index (χ1) is 24.8. The molecule has 2 fully saturated rings. The maximum Gasteiger partial charge on any atom is 0.259 e. The van der Waals surface area contributed by atoms with Crippen LogP contribution in [-0.2, 0) is 22.7 Å². The van der Waals surface area contributed by atoms with E-state index >= 15 is 0 Å². The molecule has 0 saturated carbocycles. The predicted molar refractivity (Wildman–Crippen MR) is 200 cm³/mol.